The summed E-state index contributed by atoms with van der Waals surface area (Å²) in [6, 6.07) is 13.4. The van der Waals surface area contributed by atoms with Crippen LogP contribution in [0.2, 0.25) is 0 Å². The van der Waals surface area contributed by atoms with Crippen molar-refractivity contribution in [1.29, 1.82) is 0 Å². The number of ether oxygens (including phenoxy) is 1. The van der Waals surface area contributed by atoms with Crippen LogP contribution >= 0.6 is 0 Å². The number of non-ortho nitro benzene ring substituents is 1. The number of aryl methyl sites for hydroxylation is 2. The van der Waals surface area contributed by atoms with Crippen LogP contribution in [0.5, 0.6) is 11.5 Å². The molecule has 1 aliphatic heterocycles. The number of hydrogen-bond acceptors (Lipinski definition) is 6. The Morgan fingerprint density at radius 2 is 1.72 bits per heavy atom. The monoisotopic (exact) mass is 453 g/mol. The number of rotatable bonds is 4. The van der Waals surface area contributed by atoms with Crippen molar-refractivity contribution in [3.05, 3.63) is 81.4 Å². The van der Waals surface area contributed by atoms with E-state index >= 15 is 0 Å². The smallest absolute Gasteiger partial charge is 0.270 e. The molecule has 3 aromatic carbocycles. The molecule has 3 aromatic rings. The maximum atomic E-state index is 13.1. The SMILES string of the molecule is Cc1ccc2c(c1)N(C)C(=O)c1cc(NS(=O)(=O)c3cc([N+](=O)[O-])ccc3C)ccc1O2. The van der Waals surface area contributed by atoms with Crippen molar-refractivity contribution in [2.45, 2.75) is 18.7 Å². The Hall–Kier alpha value is -3.92. The van der Waals surface area contributed by atoms with E-state index in [0.29, 0.717) is 22.7 Å². The fraction of sp³-hybridized carbons (Fsp3) is 0.136. The molecule has 9 nitrogen and oxygen atoms in total. The first kappa shape index (κ1) is 21.3. The largest absolute Gasteiger partial charge is 0.454 e. The van der Waals surface area contributed by atoms with Gasteiger partial charge in [0.1, 0.15) is 5.75 Å². The number of nitro groups is 1. The minimum Gasteiger partial charge on any atom is -0.454 e. The zero-order chi connectivity index (χ0) is 23.2. The number of benzene rings is 3. The van der Waals surface area contributed by atoms with Crippen LogP contribution in [0.15, 0.2) is 59.5 Å². The summed E-state index contributed by atoms with van der Waals surface area (Å²) in [5.41, 5.74) is 1.87. The molecule has 0 fully saturated rings. The maximum Gasteiger partial charge on any atom is 0.270 e. The van der Waals surface area contributed by atoms with Crippen LogP contribution in [0, 0.1) is 24.0 Å². The van der Waals surface area contributed by atoms with Crippen LogP contribution < -0.4 is 14.4 Å². The molecular formula is C22H19N3O6S. The molecular weight excluding hydrogens is 434 g/mol. The van der Waals surface area contributed by atoms with Gasteiger partial charge in [-0.2, -0.15) is 0 Å². The fourth-order valence-electron chi connectivity index (χ4n) is 3.44. The fourth-order valence-corrected chi connectivity index (χ4v) is 4.75. The predicted molar refractivity (Wildman–Crippen MR) is 119 cm³/mol. The van der Waals surface area contributed by atoms with Crippen molar-refractivity contribution in [3.63, 3.8) is 0 Å². The summed E-state index contributed by atoms with van der Waals surface area (Å²) < 4.78 is 34.2. The Morgan fingerprint density at radius 1 is 1.00 bits per heavy atom. The van der Waals surface area contributed by atoms with Gasteiger partial charge in [-0.05, 0) is 55.3 Å². The Morgan fingerprint density at radius 3 is 2.44 bits per heavy atom. The van der Waals surface area contributed by atoms with E-state index in [9.17, 15) is 23.3 Å². The van der Waals surface area contributed by atoms with Crippen LogP contribution in [0.4, 0.5) is 17.1 Å². The first-order valence-electron chi connectivity index (χ1n) is 9.55. The third-order valence-corrected chi connectivity index (χ3v) is 6.66. The van der Waals surface area contributed by atoms with E-state index in [0.717, 1.165) is 11.6 Å². The van der Waals surface area contributed by atoms with E-state index in [4.69, 9.17) is 4.74 Å². The Bertz CT molecular complexity index is 1380. The van der Waals surface area contributed by atoms with Crippen molar-refractivity contribution < 1.29 is 22.9 Å². The molecule has 0 saturated heterocycles. The molecule has 0 atom stereocenters. The van der Waals surface area contributed by atoms with Crippen molar-refractivity contribution in [2.75, 3.05) is 16.7 Å². The Kier molecular flexibility index (Phi) is 5.09. The number of nitrogens with zero attached hydrogens (tertiary/aromatic N) is 2. The average molecular weight is 453 g/mol. The van der Waals surface area contributed by atoms with Gasteiger partial charge < -0.3 is 9.64 Å². The van der Waals surface area contributed by atoms with Gasteiger partial charge in [-0.15, -0.1) is 0 Å². The molecule has 0 aromatic heterocycles. The van der Waals surface area contributed by atoms with Crippen LogP contribution in [-0.4, -0.2) is 26.3 Å². The van der Waals surface area contributed by atoms with Crippen LogP contribution in [0.1, 0.15) is 21.5 Å². The van der Waals surface area contributed by atoms with E-state index in [1.54, 1.807) is 20.0 Å². The molecule has 1 heterocycles. The normalized spacial score (nSPS) is 13.0. The highest BCUT2D eigenvalue weighted by Crippen LogP contribution is 2.39. The summed E-state index contributed by atoms with van der Waals surface area (Å²) in [7, 11) is -2.53. The molecule has 10 heteroatoms. The number of carbonyl (C=O) groups excluding carboxylic acids is 1. The van der Waals surface area contributed by atoms with E-state index in [1.807, 2.05) is 19.1 Å². The molecule has 32 heavy (non-hydrogen) atoms. The number of amides is 1. The average Bonchev–Trinajstić information content (AvgIpc) is 2.83. The molecule has 1 aliphatic rings. The van der Waals surface area contributed by atoms with Gasteiger partial charge in [-0.25, -0.2) is 8.42 Å². The van der Waals surface area contributed by atoms with Gasteiger partial charge in [-0.3, -0.25) is 19.6 Å². The van der Waals surface area contributed by atoms with Crippen molar-refractivity contribution in [3.8, 4) is 11.5 Å². The molecule has 0 aliphatic carbocycles. The van der Waals surface area contributed by atoms with Gasteiger partial charge in [0, 0.05) is 24.9 Å². The number of nitro benzene ring substituents is 1. The zero-order valence-corrected chi connectivity index (χ0v) is 18.3. The van der Waals surface area contributed by atoms with Crippen LogP contribution in [0.25, 0.3) is 0 Å². The molecule has 0 saturated carbocycles. The summed E-state index contributed by atoms with van der Waals surface area (Å²) in [5, 5.41) is 11.1. The Balaban J connectivity index is 1.72. The maximum absolute atomic E-state index is 13.1. The standard InChI is InChI=1S/C22H19N3O6S/c1-13-4-8-20-18(10-13)24(3)22(26)17-11-15(6-9-19(17)31-20)23-32(29,30)21-12-16(25(27)28)7-5-14(21)2/h4-12,23H,1-3H3. The molecule has 0 unspecified atom stereocenters. The van der Waals surface area contributed by atoms with Crippen molar-refractivity contribution in [2.24, 2.45) is 0 Å². The van der Waals surface area contributed by atoms with Gasteiger partial charge in [0.05, 0.1) is 21.1 Å². The lowest BCUT2D eigenvalue weighted by Crippen LogP contribution is -2.25. The van der Waals surface area contributed by atoms with E-state index in [1.165, 1.54) is 35.2 Å². The van der Waals surface area contributed by atoms with Crippen LogP contribution in [0.3, 0.4) is 0 Å². The highest BCUT2D eigenvalue weighted by molar-refractivity contribution is 7.92. The van der Waals surface area contributed by atoms with Gasteiger partial charge in [0.25, 0.3) is 21.6 Å². The first-order chi connectivity index (χ1) is 15.1. The lowest BCUT2D eigenvalue weighted by atomic mass is 10.1. The first-order valence-corrected chi connectivity index (χ1v) is 11.0. The zero-order valence-electron chi connectivity index (χ0n) is 17.4. The molecule has 0 spiro atoms. The number of fused-ring (bicyclic) bond motifs is 2. The van der Waals surface area contributed by atoms with Gasteiger partial charge in [-0.1, -0.05) is 12.1 Å². The number of nitrogens with one attached hydrogen (secondary N) is 1. The van der Waals surface area contributed by atoms with E-state index in [2.05, 4.69) is 4.72 Å². The second-order valence-corrected chi connectivity index (χ2v) is 9.11. The summed E-state index contributed by atoms with van der Waals surface area (Å²) in [4.78, 5) is 24.7. The quantitative estimate of drug-likeness (QED) is 0.462. The van der Waals surface area contributed by atoms with Gasteiger partial charge >= 0.3 is 0 Å². The van der Waals surface area contributed by atoms with Crippen molar-refractivity contribution >= 4 is 33.0 Å². The summed E-state index contributed by atoms with van der Waals surface area (Å²) >= 11 is 0. The predicted octanol–water partition coefficient (Wildman–Crippen LogP) is 4.39. The molecule has 0 radical (unpaired) electrons. The van der Waals surface area contributed by atoms with Crippen LogP contribution in [-0.2, 0) is 10.0 Å². The minimum absolute atomic E-state index is 0.127. The Labute approximate surface area is 184 Å². The van der Waals surface area contributed by atoms with Gasteiger partial charge in [0.2, 0.25) is 0 Å². The summed E-state index contributed by atoms with van der Waals surface area (Å²) in [6.45, 7) is 3.44. The second-order valence-electron chi connectivity index (χ2n) is 7.46. The number of hydrogen-bond donors (Lipinski definition) is 1. The number of carbonyl (C=O) groups is 1. The van der Waals surface area contributed by atoms with Gasteiger partial charge in [0.15, 0.2) is 5.75 Å². The molecule has 164 valence electrons. The number of sulfonamides is 1. The summed E-state index contributed by atoms with van der Waals surface area (Å²) in [6.07, 6.45) is 0. The van der Waals surface area contributed by atoms with E-state index < -0.39 is 14.9 Å². The lowest BCUT2D eigenvalue weighted by Gasteiger charge is -2.17. The molecule has 1 amide bonds. The second kappa shape index (κ2) is 7.65. The third kappa shape index (κ3) is 3.76. The molecule has 0 bridgehead atoms. The molecule has 4 rings (SSSR count). The van der Waals surface area contributed by atoms with E-state index in [-0.39, 0.29) is 27.7 Å². The molecule has 1 N–H and O–H groups in total. The summed E-state index contributed by atoms with van der Waals surface area (Å²) in [5.74, 6) is 0.432. The topological polar surface area (TPSA) is 119 Å². The highest BCUT2D eigenvalue weighted by Gasteiger charge is 2.27. The minimum atomic E-state index is -4.15. The lowest BCUT2D eigenvalue weighted by molar-refractivity contribution is -0.385. The highest BCUT2D eigenvalue weighted by atomic mass is 32.2. The number of anilines is 2. The third-order valence-electron chi connectivity index (χ3n) is 5.13. The van der Waals surface area contributed by atoms with Crippen molar-refractivity contribution in [1.82, 2.24) is 0 Å².